The highest BCUT2D eigenvalue weighted by atomic mass is 35.5. The lowest BCUT2D eigenvalue weighted by molar-refractivity contribution is 0.0825. The van der Waals surface area contributed by atoms with Crippen LogP contribution in [0.15, 0.2) is 24.3 Å². The number of hydrogen-bond acceptors (Lipinski definition) is 4. The lowest BCUT2D eigenvalue weighted by atomic mass is 10.1. The number of halogens is 1. The summed E-state index contributed by atoms with van der Waals surface area (Å²) in [5.74, 6) is -0.0428. The van der Waals surface area contributed by atoms with E-state index in [1.807, 2.05) is 0 Å². The summed E-state index contributed by atoms with van der Waals surface area (Å²) in [4.78, 5) is 0. The maximum Gasteiger partial charge on any atom is 0.161 e. The lowest BCUT2D eigenvalue weighted by Crippen LogP contribution is -2.49. The third kappa shape index (κ3) is 3.48. The summed E-state index contributed by atoms with van der Waals surface area (Å²) in [6.07, 6.45) is 0.711. The van der Waals surface area contributed by atoms with Crippen molar-refractivity contribution in [3.63, 3.8) is 0 Å². The summed E-state index contributed by atoms with van der Waals surface area (Å²) in [6.45, 7) is 0.849. The minimum Gasteiger partial charge on any atom is -0.380 e. The van der Waals surface area contributed by atoms with E-state index in [0.717, 1.165) is 0 Å². The SMILES string of the molecule is CNC1CCOCC1S(=O)(=O)Cc1ccccc1Cl. The molecule has 2 unspecified atom stereocenters. The van der Waals surface area contributed by atoms with Gasteiger partial charge in [0.25, 0.3) is 0 Å². The zero-order valence-corrected chi connectivity index (χ0v) is 12.4. The van der Waals surface area contributed by atoms with E-state index in [1.54, 1.807) is 31.3 Å². The van der Waals surface area contributed by atoms with Crippen LogP contribution in [-0.4, -0.2) is 40.0 Å². The first-order valence-corrected chi connectivity index (χ1v) is 8.34. The molecule has 4 nitrogen and oxygen atoms in total. The van der Waals surface area contributed by atoms with Crippen LogP contribution in [0.2, 0.25) is 5.02 Å². The number of ether oxygens (including phenoxy) is 1. The van der Waals surface area contributed by atoms with Crippen LogP contribution in [0.25, 0.3) is 0 Å². The average molecular weight is 304 g/mol. The van der Waals surface area contributed by atoms with E-state index >= 15 is 0 Å². The number of rotatable bonds is 4. The molecule has 0 amide bonds. The highest BCUT2D eigenvalue weighted by Crippen LogP contribution is 2.23. The van der Waals surface area contributed by atoms with Gasteiger partial charge in [0.2, 0.25) is 0 Å². The predicted molar refractivity (Wildman–Crippen MR) is 76.1 cm³/mol. The van der Waals surface area contributed by atoms with Gasteiger partial charge in [-0.3, -0.25) is 0 Å². The van der Waals surface area contributed by atoms with Crippen molar-refractivity contribution in [2.24, 2.45) is 0 Å². The average Bonchev–Trinajstić information content (AvgIpc) is 2.41. The molecule has 1 fully saturated rings. The van der Waals surface area contributed by atoms with Crippen LogP contribution in [0.5, 0.6) is 0 Å². The Hall–Kier alpha value is -0.620. The van der Waals surface area contributed by atoms with Crippen molar-refractivity contribution >= 4 is 21.4 Å². The number of sulfone groups is 1. The Morgan fingerprint density at radius 3 is 2.84 bits per heavy atom. The predicted octanol–water partition coefficient (Wildman–Crippen LogP) is 1.63. The second-order valence-corrected chi connectivity index (χ2v) is 7.32. The van der Waals surface area contributed by atoms with Crippen LogP contribution in [0.4, 0.5) is 0 Å². The normalized spacial score (nSPS) is 24.3. The first kappa shape index (κ1) is 14.8. The highest BCUT2D eigenvalue weighted by molar-refractivity contribution is 7.91. The summed E-state index contributed by atoms with van der Waals surface area (Å²) >= 11 is 6.03. The van der Waals surface area contributed by atoms with E-state index in [1.165, 1.54) is 0 Å². The van der Waals surface area contributed by atoms with E-state index in [-0.39, 0.29) is 18.4 Å². The topological polar surface area (TPSA) is 55.4 Å². The summed E-state index contributed by atoms with van der Waals surface area (Å²) < 4.78 is 30.3. The number of nitrogens with one attached hydrogen (secondary N) is 1. The number of benzene rings is 1. The van der Waals surface area contributed by atoms with Crippen LogP contribution in [0, 0.1) is 0 Å². The summed E-state index contributed by atoms with van der Waals surface area (Å²) in [5.41, 5.74) is 0.643. The molecule has 0 aliphatic carbocycles. The van der Waals surface area contributed by atoms with Crippen LogP contribution in [0.3, 0.4) is 0 Å². The van der Waals surface area contributed by atoms with E-state index < -0.39 is 15.1 Å². The van der Waals surface area contributed by atoms with Gasteiger partial charge in [-0.2, -0.15) is 0 Å². The molecule has 1 heterocycles. The smallest absolute Gasteiger partial charge is 0.161 e. The number of hydrogen-bond donors (Lipinski definition) is 1. The minimum absolute atomic E-state index is 0.0428. The molecule has 0 spiro atoms. The monoisotopic (exact) mass is 303 g/mol. The summed E-state index contributed by atoms with van der Waals surface area (Å²) in [7, 11) is -1.51. The third-order valence-electron chi connectivity index (χ3n) is 3.45. The molecular weight excluding hydrogens is 286 g/mol. The maximum atomic E-state index is 12.5. The lowest BCUT2D eigenvalue weighted by Gasteiger charge is -2.31. The minimum atomic E-state index is -3.29. The van der Waals surface area contributed by atoms with Gasteiger partial charge >= 0.3 is 0 Å². The molecule has 2 atom stereocenters. The van der Waals surface area contributed by atoms with Gasteiger partial charge in [0.05, 0.1) is 12.4 Å². The largest absolute Gasteiger partial charge is 0.380 e. The van der Waals surface area contributed by atoms with Crippen molar-refractivity contribution in [3.05, 3.63) is 34.9 Å². The first-order chi connectivity index (χ1) is 9.04. The third-order valence-corrected chi connectivity index (χ3v) is 5.92. The van der Waals surface area contributed by atoms with Crippen molar-refractivity contribution in [3.8, 4) is 0 Å². The summed E-state index contributed by atoms with van der Waals surface area (Å²) in [6, 6.07) is 6.99. The second kappa shape index (κ2) is 6.22. The molecule has 19 heavy (non-hydrogen) atoms. The highest BCUT2D eigenvalue weighted by Gasteiger charge is 2.35. The molecule has 0 radical (unpaired) electrons. The fourth-order valence-electron chi connectivity index (χ4n) is 2.34. The summed E-state index contributed by atoms with van der Waals surface area (Å²) in [5, 5.41) is 3.05. The molecule has 0 bridgehead atoms. The van der Waals surface area contributed by atoms with Gasteiger partial charge < -0.3 is 10.1 Å². The molecule has 1 N–H and O–H groups in total. The molecule has 1 aromatic carbocycles. The second-order valence-electron chi connectivity index (χ2n) is 4.70. The van der Waals surface area contributed by atoms with E-state index in [2.05, 4.69) is 5.32 Å². The Morgan fingerprint density at radius 2 is 2.16 bits per heavy atom. The van der Waals surface area contributed by atoms with Crippen LogP contribution >= 0.6 is 11.6 Å². The van der Waals surface area contributed by atoms with Crippen molar-refractivity contribution in [1.82, 2.24) is 5.32 Å². The van der Waals surface area contributed by atoms with Crippen molar-refractivity contribution in [1.29, 1.82) is 0 Å². The molecule has 1 aromatic rings. The molecule has 1 aliphatic heterocycles. The van der Waals surface area contributed by atoms with Gasteiger partial charge in [0, 0.05) is 17.7 Å². The first-order valence-electron chi connectivity index (χ1n) is 6.24. The molecule has 0 saturated carbocycles. The van der Waals surface area contributed by atoms with Gasteiger partial charge in [-0.25, -0.2) is 8.42 Å². The van der Waals surface area contributed by atoms with Gasteiger partial charge in [-0.1, -0.05) is 29.8 Å². The van der Waals surface area contributed by atoms with Crippen molar-refractivity contribution < 1.29 is 13.2 Å². The van der Waals surface area contributed by atoms with Crippen LogP contribution in [0.1, 0.15) is 12.0 Å². The fourth-order valence-corrected chi connectivity index (χ4v) is 4.59. The standard InChI is InChI=1S/C13H18ClNO3S/c1-15-12-6-7-18-8-13(12)19(16,17)9-10-4-2-3-5-11(10)14/h2-5,12-13,15H,6-9H2,1H3. The zero-order valence-electron chi connectivity index (χ0n) is 10.8. The Bertz CT molecular complexity index is 532. The fraction of sp³-hybridized carbons (Fsp3) is 0.538. The van der Waals surface area contributed by atoms with E-state index in [0.29, 0.717) is 23.6 Å². The van der Waals surface area contributed by atoms with Crippen molar-refractivity contribution in [2.45, 2.75) is 23.5 Å². The molecule has 1 aliphatic rings. The molecular formula is C13H18ClNO3S. The molecule has 0 aromatic heterocycles. The Labute approximate surface area is 119 Å². The maximum absolute atomic E-state index is 12.5. The molecule has 1 saturated heterocycles. The Kier molecular flexibility index (Phi) is 4.84. The van der Waals surface area contributed by atoms with Gasteiger partial charge in [0.1, 0.15) is 5.25 Å². The van der Waals surface area contributed by atoms with Gasteiger partial charge in [0.15, 0.2) is 9.84 Å². The van der Waals surface area contributed by atoms with Crippen LogP contribution < -0.4 is 5.32 Å². The molecule has 2 rings (SSSR count). The van der Waals surface area contributed by atoms with Crippen molar-refractivity contribution in [2.75, 3.05) is 20.3 Å². The van der Waals surface area contributed by atoms with Gasteiger partial charge in [-0.05, 0) is 25.1 Å². The quantitative estimate of drug-likeness (QED) is 0.918. The van der Waals surface area contributed by atoms with Crippen LogP contribution in [-0.2, 0) is 20.3 Å². The Morgan fingerprint density at radius 1 is 1.42 bits per heavy atom. The van der Waals surface area contributed by atoms with Gasteiger partial charge in [-0.15, -0.1) is 0 Å². The Balaban J connectivity index is 2.20. The molecule has 106 valence electrons. The molecule has 6 heteroatoms. The van der Waals surface area contributed by atoms with E-state index in [4.69, 9.17) is 16.3 Å². The zero-order chi connectivity index (χ0) is 13.9. The van der Waals surface area contributed by atoms with E-state index in [9.17, 15) is 8.42 Å².